The first-order valence-electron chi connectivity index (χ1n) is 9.07. The van der Waals surface area contributed by atoms with Crippen molar-refractivity contribution < 1.29 is 9.59 Å². The molecule has 0 spiro atoms. The maximum atomic E-state index is 13.1. The van der Waals surface area contributed by atoms with Crippen molar-refractivity contribution in [3.8, 4) is 0 Å². The Balaban J connectivity index is 1.54. The first-order valence-corrected chi connectivity index (χ1v) is 9.89. The average Bonchev–Trinajstić information content (AvgIpc) is 3.29. The number of hydrogen-bond acceptors (Lipinski definition) is 4. The molecule has 138 valence electrons. The summed E-state index contributed by atoms with van der Waals surface area (Å²) in [5, 5.41) is 3.49. The summed E-state index contributed by atoms with van der Waals surface area (Å²) >= 11 is 1.45. The van der Waals surface area contributed by atoms with E-state index in [0.29, 0.717) is 23.7 Å². The Morgan fingerprint density at radius 1 is 1.19 bits per heavy atom. The zero-order chi connectivity index (χ0) is 19.0. The van der Waals surface area contributed by atoms with E-state index < -0.39 is 6.04 Å². The molecule has 27 heavy (non-hydrogen) atoms. The molecule has 0 saturated carbocycles. The fourth-order valence-corrected chi connectivity index (χ4v) is 4.39. The van der Waals surface area contributed by atoms with Gasteiger partial charge >= 0.3 is 0 Å². The number of carbonyl (C=O) groups excluding carboxylic acids is 2. The van der Waals surface area contributed by atoms with Crippen molar-refractivity contribution in [3.05, 3.63) is 59.2 Å². The summed E-state index contributed by atoms with van der Waals surface area (Å²) in [4.78, 5) is 32.1. The van der Waals surface area contributed by atoms with Crippen LogP contribution >= 0.6 is 11.3 Å². The van der Waals surface area contributed by atoms with Gasteiger partial charge in [-0.05, 0) is 50.5 Å². The minimum atomic E-state index is -0.454. The molecule has 1 saturated heterocycles. The van der Waals surface area contributed by atoms with Crippen LogP contribution in [0.3, 0.4) is 0 Å². The fourth-order valence-electron chi connectivity index (χ4n) is 3.52. The number of anilines is 1. The van der Waals surface area contributed by atoms with Crippen molar-refractivity contribution >= 4 is 38.5 Å². The summed E-state index contributed by atoms with van der Waals surface area (Å²) in [6, 6.07) is 13.2. The van der Waals surface area contributed by atoms with Crippen LogP contribution in [-0.2, 0) is 4.79 Å². The predicted octanol–water partition coefficient (Wildman–Crippen LogP) is 4.16. The number of rotatable bonds is 3. The number of fused-ring (bicyclic) bond motifs is 1. The van der Waals surface area contributed by atoms with E-state index in [0.717, 1.165) is 27.8 Å². The molecule has 0 aliphatic carbocycles. The molecule has 5 nitrogen and oxygen atoms in total. The molecule has 1 N–H and O–H groups in total. The Morgan fingerprint density at radius 3 is 2.81 bits per heavy atom. The summed E-state index contributed by atoms with van der Waals surface area (Å²) in [6.45, 7) is 4.50. The van der Waals surface area contributed by atoms with E-state index in [4.69, 9.17) is 0 Å². The molecule has 2 aromatic carbocycles. The normalized spacial score (nSPS) is 16.7. The number of aryl methyl sites for hydroxylation is 2. The second kappa shape index (κ2) is 7.12. The van der Waals surface area contributed by atoms with Gasteiger partial charge in [0, 0.05) is 12.1 Å². The van der Waals surface area contributed by atoms with Crippen LogP contribution in [0, 0.1) is 13.8 Å². The van der Waals surface area contributed by atoms with Crippen LogP contribution in [0.4, 0.5) is 5.13 Å². The molecular formula is C21H21N3O2S. The molecule has 0 radical (unpaired) electrons. The maximum absolute atomic E-state index is 13.1. The van der Waals surface area contributed by atoms with Crippen molar-refractivity contribution in [1.29, 1.82) is 0 Å². The van der Waals surface area contributed by atoms with E-state index in [-0.39, 0.29) is 11.8 Å². The molecule has 1 unspecified atom stereocenters. The predicted molar refractivity (Wildman–Crippen MR) is 108 cm³/mol. The molecule has 1 aromatic heterocycles. The molecule has 1 aliphatic heterocycles. The lowest BCUT2D eigenvalue weighted by Crippen LogP contribution is -2.43. The number of benzene rings is 2. The number of hydrogen-bond donors (Lipinski definition) is 1. The highest BCUT2D eigenvalue weighted by Gasteiger charge is 2.35. The molecule has 6 heteroatoms. The van der Waals surface area contributed by atoms with Gasteiger partial charge in [-0.15, -0.1) is 0 Å². The van der Waals surface area contributed by atoms with Crippen molar-refractivity contribution in [2.75, 3.05) is 11.9 Å². The molecule has 1 fully saturated rings. The molecule has 2 heterocycles. The Morgan fingerprint density at radius 2 is 2.00 bits per heavy atom. The van der Waals surface area contributed by atoms with E-state index in [1.165, 1.54) is 11.3 Å². The minimum absolute atomic E-state index is 0.0712. The smallest absolute Gasteiger partial charge is 0.254 e. The number of amides is 2. The third kappa shape index (κ3) is 3.45. The highest BCUT2D eigenvalue weighted by Crippen LogP contribution is 2.27. The van der Waals surface area contributed by atoms with Gasteiger partial charge < -0.3 is 10.2 Å². The largest absolute Gasteiger partial charge is 0.327 e. The Kier molecular flexibility index (Phi) is 4.66. The minimum Gasteiger partial charge on any atom is -0.327 e. The van der Waals surface area contributed by atoms with Crippen molar-refractivity contribution in [3.63, 3.8) is 0 Å². The zero-order valence-electron chi connectivity index (χ0n) is 15.4. The molecule has 4 rings (SSSR count). The SMILES string of the molecule is Cc1ccc(C)c(C(=O)N2CCCC2C(=O)Nc2nc3ccccc3s2)c1. The van der Waals surface area contributed by atoms with Gasteiger partial charge in [0.15, 0.2) is 5.13 Å². The Labute approximate surface area is 162 Å². The fraction of sp³-hybridized carbons (Fsp3) is 0.286. The van der Waals surface area contributed by atoms with Gasteiger partial charge in [0.25, 0.3) is 5.91 Å². The Hall–Kier alpha value is -2.73. The molecule has 1 atom stereocenters. The van der Waals surface area contributed by atoms with Gasteiger partial charge in [-0.3, -0.25) is 9.59 Å². The van der Waals surface area contributed by atoms with Crippen LogP contribution in [-0.4, -0.2) is 34.3 Å². The van der Waals surface area contributed by atoms with Crippen LogP contribution in [0.5, 0.6) is 0 Å². The average molecular weight is 379 g/mol. The summed E-state index contributed by atoms with van der Waals surface area (Å²) < 4.78 is 1.03. The highest BCUT2D eigenvalue weighted by molar-refractivity contribution is 7.22. The molecule has 1 aliphatic rings. The van der Waals surface area contributed by atoms with E-state index >= 15 is 0 Å². The third-order valence-electron chi connectivity index (χ3n) is 4.96. The van der Waals surface area contributed by atoms with Gasteiger partial charge in [0.05, 0.1) is 10.2 Å². The lowest BCUT2D eigenvalue weighted by atomic mass is 10.0. The molecular weight excluding hydrogens is 358 g/mol. The number of aromatic nitrogens is 1. The summed E-state index contributed by atoms with van der Waals surface area (Å²) in [7, 11) is 0. The van der Waals surface area contributed by atoms with Crippen LogP contribution < -0.4 is 5.32 Å². The lowest BCUT2D eigenvalue weighted by molar-refractivity contribution is -0.119. The second-order valence-corrected chi connectivity index (χ2v) is 7.98. The van der Waals surface area contributed by atoms with E-state index in [1.807, 2.05) is 56.3 Å². The number of thiazole rings is 1. The van der Waals surface area contributed by atoms with Gasteiger partial charge in [-0.2, -0.15) is 0 Å². The van der Waals surface area contributed by atoms with Crippen molar-refractivity contribution in [1.82, 2.24) is 9.88 Å². The summed E-state index contributed by atoms with van der Waals surface area (Å²) in [6.07, 6.45) is 1.50. The highest BCUT2D eigenvalue weighted by atomic mass is 32.1. The number of carbonyl (C=O) groups is 2. The molecule has 3 aromatic rings. The number of likely N-dealkylation sites (tertiary alicyclic amines) is 1. The zero-order valence-corrected chi connectivity index (χ0v) is 16.2. The van der Waals surface area contributed by atoms with Crippen LogP contribution in [0.25, 0.3) is 10.2 Å². The number of nitrogens with zero attached hydrogens (tertiary/aromatic N) is 2. The third-order valence-corrected chi connectivity index (χ3v) is 5.92. The topological polar surface area (TPSA) is 62.3 Å². The molecule has 0 bridgehead atoms. The standard InChI is InChI=1S/C21H21N3O2S/c1-13-9-10-14(2)15(12-13)20(26)24-11-5-7-17(24)19(25)23-21-22-16-6-3-4-8-18(16)27-21/h3-4,6,8-10,12,17H,5,7,11H2,1-2H3,(H,22,23,25). The van der Waals surface area contributed by atoms with Crippen molar-refractivity contribution in [2.24, 2.45) is 0 Å². The van der Waals surface area contributed by atoms with Gasteiger partial charge in [-0.1, -0.05) is 41.2 Å². The number of para-hydroxylation sites is 1. The first-order chi connectivity index (χ1) is 13.0. The van der Waals surface area contributed by atoms with Gasteiger partial charge in [0.2, 0.25) is 5.91 Å². The van der Waals surface area contributed by atoms with Gasteiger partial charge in [-0.25, -0.2) is 4.98 Å². The van der Waals surface area contributed by atoms with Crippen molar-refractivity contribution in [2.45, 2.75) is 32.7 Å². The van der Waals surface area contributed by atoms with E-state index in [9.17, 15) is 9.59 Å². The maximum Gasteiger partial charge on any atom is 0.254 e. The van der Waals surface area contributed by atoms with E-state index in [1.54, 1.807) is 4.90 Å². The lowest BCUT2D eigenvalue weighted by Gasteiger charge is -2.24. The van der Waals surface area contributed by atoms with Crippen LogP contribution in [0.1, 0.15) is 34.3 Å². The number of nitrogens with one attached hydrogen (secondary N) is 1. The van der Waals surface area contributed by atoms with Gasteiger partial charge in [0.1, 0.15) is 6.04 Å². The Bertz CT molecular complexity index is 994. The summed E-state index contributed by atoms with van der Waals surface area (Å²) in [5.74, 6) is -0.233. The van der Waals surface area contributed by atoms with Crippen LogP contribution in [0.2, 0.25) is 0 Å². The van der Waals surface area contributed by atoms with Crippen LogP contribution in [0.15, 0.2) is 42.5 Å². The molecule has 2 amide bonds. The van der Waals surface area contributed by atoms with E-state index in [2.05, 4.69) is 10.3 Å². The first kappa shape index (κ1) is 17.7. The second-order valence-electron chi connectivity index (χ2n) is 6.95. The quantitative estimate of drug-likeness (QED) is 0.743. The monoisotopic (exact) mass is 379 g/mol. The summed E-state index contributed by atoms with van der Waals surface area (Å²) in [5.41, 5.74) is 3.52.